The zero-order chi connectivity index (χ0) is 23.1. The summed E-state index contributed by atoms with van der Waals surface area (Å²) < 4.78 is 32.8. The molecule has 3 aromatic carbocycles. The molecule has 0 fully saturated rings. The standard InChI is InChI=1S/C24H28N2O6/c1-27-19-12-11-18(22(30-4)24(19)32-6)26-17-10-8-7-9-16(17)25-15-13-20(28-2)23(31-5)21(14-15)29-3/h7-14,25-26H,1-6H3. The van der Waals surface area contributed by atoms with Gasteiger partial charge in [-0.1, -0.05) is 12.1 Å². The molecule has 0 saturated heterocycles. The molecular weight excluding hydrogens is 412 g/mol. The predicted octanol–water partition coefficient (Wildman–Crippen LogP) is 5.23. The van der Waals surface area contributed by atoms with Gasteiger partial charge in [-0.2, -0.15) is 0 Å². The van der Waals surface area contributed by atoms with Crippen molar-refractivity contribution in [2.24, 2.45) is 0 Å². The topological polar surface area (TPSA) is 79.4 Å². The lowest BCUT2D eigenvalue weighted by atomic mass is 10.2. The molecule has 0 atom stereocenters. The van der Waals surface area contributed by atoms with Crippen molar-refractivity contribution in [2.45, 2.75) is 0 Å². The molecule has 0 amide bonds. The van der Waals surface area contributed by atoms with E-state index in [0.717, 1.165) is 22.7 Å². The largest absolute Gasteiger partial charge is 0.493 e. The molecule has 0 heterocycles. The third kappa shape index (κ3) is 4.54. The van der Waals surface area contributed by atoms with Gasteiger partial charge >= 0.3 is 0 Å². The quantitative estimate of drug-likeness (QED) is 0.444. The van der Waals surface area contributed by atoms with Crippen LogP contribution in [0.5, 0.6) is 34.5 Å². The molecule has 0 saturated carbocycles. The Hall–Kier alpha value is -3.94. The first kappa shape index (κ1) is 22.7. The number of rotatable bonds is 10. The van der Waals surface area contributed by atoms with Gasteiger partial charge < -0.3 is 39.1 Å². The van der Waals surface area contributed by atoms with Gasteiger partial charge in [0.15, 0.2) is 23.0 Å². The van der Waals surface area contributed by atoms with E-state index in [2.05, 4.69) is 10.6 Å². The van der Waals surface area contributed by atoms with Crippen LogP contribution in [-0.4, -0.2) is 42.7 Å². The molecule has 0 aliphatic carbocycles. The van der Waals surface area contributed by atoms with Gasteiger partial charge in [-0.3, -0.25) is 0 Å². The van der Waals surface area contributed by atoms with Gasteiger partial charge in [0.1, 0.15) is 0 Å². The van der Waals surface area contributed by atoms with Gasteiger partial charge in [0.05, 0.1) is 59.7 Å². The van der Waals surface area contributed by atoms with Gasteiger partial charge in [-0.05, 0) is 24.3 Å². The Morgan fingerprint density at radius 1 is 0.469 bits per heavy atom. The van der Waals surface area contributed by atoms with Crippen LogP contribution < -0.4 is 39.1 Å². The summed E-state index contributed by atoms with van der Waals surface area (Å²) in [6, 6.07) is 15.2. The number of methoxy groups -OCH3 is 6. The summed E-state index contributed by atoms with van der Waals surface area (Å²) in [5, 5.41) is 6.82. The number of anilines is 4. The monoisotopic (exact) mass is 440 g/mol. The first-order valence-electron chi connectivity index (χ1n) is 9.82. The molecule has 0 aliphatic heterocycles. The molecule has 170 valence electrons. The van der Waals surface area contributed by atoms with E-state index in [9.17, 15) is 0 Å². The summed E-state index contributed by atoms with van der Waals surface area (Å²) in [5.41, 5.74) is 3.16. The smallest absolute Gasteiger partial charge is 0.205 e. The van der Waals surface area contributed by atoms with Crippen molar-refractivity contribution in [3.8, 4) is 34.5 Å². The molecule has 3 rings (SSSR count). The Kier molecular flexibility index (Phi) is 7.38. The lowest BCUT2D eigenvalue weighted by molar-refractivity contribution is 0.324. The van der Waals surface area contributed by atoms with Crippen LogP contribution in [-0.2, 0) is 0 Å². The van der Waals surface area contributed by atoms with E-state index < -0.39 is 0 Å². The van der Waals surface area contributed by atoms with Crippen LogP contribution in [0.25, 0.3) is 0 Å². The van der Waals surface area contributed by atoms with Crippen LogP contribution in [0.4, 0.5) is 22.7 Å². The van der Waals surface area contributed by atoms with Crippen molar-refractivity contribution in [2.75, 3.05) is 53.3 Å². The van der Waals surface area contributed by atoms with Gasteiger partial charge in [0.25, 0.3) is 0 Å². The van der Waals surface area contributed by atoms with Gasteiger partial charge in [0.2, 0.25) is 11.5 Å². The van der Waals surface area contributed by atoms with Crippen LogP contribution >= 0.6 is 0 Å². The highest BCUT2D eigenvalue weighted by Gasteiger charge is 2.18. The normalized spacial score (nSPS) is 10.2. The molecule has 0 aromatic heterocycles. The van der Waals surface area contributed by atoms with Crippen molar-refractivity contribution in [3.05, 3.63) is 48.5 Å². The Morgan fingerprint density at radius 2 is 1.00 bits per heavy atom. The van der Waals surface area contributed by atoms with Crippen molar-refractivity contribution < 1.29 is 28.4 Å². The maximum atomic E-state index is 5.59. The van der Waals surface area contributed by atoms with Gasteiger partial charge in [-0.15, -0.1) is 0 Å². The Bertz CT molecular complexity index is 1050. The molecule has 8 heteroatoms. The highest BCUT2D eigenvalue weighted by Crippen LogP contribution is 2.45. The minimum absolute atomic E-state index is 0.509. The summed E-state index contributed by atoms with van der Waals surface area (Å²) in [4.78, 5) is 0. The highest BCUT2D eigenvalue weighted by atomic mass is 16.5. The maximum absolute atomic E-state index is 5.59. The van der Waals surface area contributed by atoms with E-state index in [1.54, 1.807) is 42.7 Å². The summed E-state index contributed by atoms with van der Waals surface area (Å²) in [5.74, 6) is 3.27. The Balaban J connectivity index is 1.98. The molecule has 8 nitrogen and oxygen atoms in total. The Morgan fingerprint density at radius 3 is 1.50 bits per heavy atom. The fourth-order valence-corrected chi connectivity index (χ4v) is 3.35. The third-order valence-electron chi connectivity index (χ3n) is 4.84. The van der Waals surface area contributed by atoms with Crippen molar-refractivity contribution in [3.63, 3.8) is 0 Å². The lowest BCUT2D eigenvalue weighted by Crippen LogP contribution is -2.02. The van der Waals surface area contributed by atoms with Crippen LogP contribution in [0.3, 0.4) is 0 Å². The zero-order valence-electron chi connectivity index (χ0n) is 19.1. The number of hydrogen-bond donors (Lipinski definition) is 2. The number of nitrogens with one attached hydrogen (secondary N) is 2. The summed E-state index contributed by atoms with van der Waals surface area (Å²) in [6.07, 6.45) is 0. The number of para-hydroxylation sites is 2. The molecule has 3 aromatic rings. The van der Waals surface area contributed by atoms with E-state index in [1.807, 2.05) is 48.5 Å². The molecule has 0 bridgehead atoms. The molecule has 32 heavy (non-hydrogen) atoms. The van der Waals surface area contributed by atoms with Crippen LogP contribution in [0.1, 0.15) is 0 Å². The van der Waals surface area contributed by atoms with E-state index in [4.69, 9.17) is 28.4 Å². The second-order valence-electron chi connectivity index (χ2n) is 6.59. The predicted molar refractivity (Wildman–Crippen MR) is 125 cm³/mol. The second-order valence-corrected chi connectivity index (χ2v) is 6.59. The van der Waals surface area contributed by atoms with Crippen molar-refractivity contribution in [1.29, 1.82) is 0 Å². The third-order valence-corrected chi connectivity index (χ3v) is 4.84. The van der Waals surface area contributed by atoms with Gasteiger partial charge in [-0.25, -0.2) is 0 Å². The Labute approximate surface area is 188 Å². The molecular formula is C24H28N2O6. The summed E-state index contributed by atoms with van der Waals surface area (Å²) >= 11 is 0. The maximum Gasteiger partial charge on any atom is 0.205 e. The number of ether oxygens (including phenoxy) is 6. The zero-order valence-corrected chi connectivity index (χ0v) is 19.1. The van der Waals surface area contributed by atoms with Crippen molar-refractivity contribution >= 4 is 22.7 Å². The fourth-order valence-electron chi connectivity index (χ4n) is 3.35. The van der Waals surface area contributed by atoms with E-state index in [1.165, 1.54) is 0 Å². The average molecular weight is 440 g/mol. The first-order chi connectivity index (χ1) is 15.6. The van der Waals surface area contributed by atoms with Crippen LogP contribution in [0.15, 0.2) is 48.5 Å². The van der Waals surface area contributed by atoms with Gasteiger partial charge in [0, 0.05) is 17.8 Å². The minimum Gasteiger partial charge on any atom is -0.493 e. The lowest BCUT2D eigenvalue weighted by Gasteiger charge is -2.19. The van der Waals surface area contributed by atoms with Crippen molar-refractivity contribution in [1.82, 2.24) is 0 Å². The fraction of sp³-hybridized carbons (Fsp3) is 0.250. The second kappa shape index (κ2) is 10.4. The van der Waals surface area contributed by atoms with Crippen LogP contribution in [0.2, 0.25) is 0 Å². The minimum atomic E-state index is 0.509. The average Bonchev–Trinajstić information content (AvgIpc) is 2.83. The molecule has 0 aliphatic rings. The van der Waals surface area contributed by atoms with E-state index in [0.29, 0.717) is 34.5 Å². The van der Waals surface area contributed by atoms with Crippen LogP contribution in [0, 0.1) is 0 Å². The molecule has 0 radical (unpaired) electrons. The SMILES string of the molecule is COc1cc(Nc2ccccc2Nc2ccc(OC)c(OC)c2OC)cc(OC)c1OC. The number of benzene rings is 3. The van der Waals surface area contributed by atoms with E-state index in [-0.39, 0.29) is 0 Å². The summed E-state index contributed by atoms with van der Waals surface area (Å²) in [6.45, 7) is 0. The first-order valence-corrected chi connectivity index (χ1v) is 9.82. The number of hydrogen-bond acceptors (Lipinski definition) is 8. The highest BCUT2D eigenvalue weighted by molar-refractivity contribution is 5.82. The molecule has 0 spiro atoms. The molecule has 2 N–H and O–H groups in total. The van der Waals surface area contributed by atoms with E-state index >= 15 is 0 Å². The summed E-state index contributed by atoms with van der Waals surface area (Å²) in [7, 11) is 9.48. The molecule has 0 unspecified atom stereocenters.